The van der Waals surface area contributed by atoms with Gasteiger partial charge in [-0.3, -0.25) is 10.00 Å². The van der Waals surface area contributed by atoms with E-state index in [-0.39, 0.29) is 0 Å². The summed E-state index contributed by atoms with van der Waals surface area (Å²) in [5, 5.41) is 6.88. The molecule has 0 radical (unpaired) electrons. The molecule has 1 aliphatic heterocycles. The molecule has 1 aliphatic rings. The minimum atomic E-state index is 0.412. The fraction of sp³-hybridized carbons (Fsp3) is 0.312. The van der Waals surface area contributed by atoms with E-state index in [1.807, 2.05) is 12.1 Å². The average molecular weight is 282 g/mol. The highest BCUT2D eigenvalue weighted by molar-refractivity contribution is 5.51. The number of furan rings is 1. The molecule has 5 heteroatoms. The molecule has 3 aromatic rings. The molecule has 0 bridgehead atoms. The number of hydrogen-bond acceptors (Lipinski definition) is 3. The van der Waals surface area contributed by atoms with E-state index < -0.39 is 0 Å². The monoisotopic (exact) mass is 282 g/mol. The van der Waals surface area contributed by atoms with Crippen LogP contribution in [-0.2, 0) is 13.1 Å². The topological polar surface area (TPSA) is 50.0 Å². The van der Waals surface area contributed by atoms with Gasteiger partial charge in [-0.15, -0.1) is 0 Å². The predicted molar refractivity (Wildman–Crippen MR) is 79.5 cm³/mol. The minimum absolute atomic E-state index is 0.412. The van der Waals surface area contributed by atoms with Gasteiger partial charge < -0.3 is 8.98 Å². The molecule has 0 saturated heterocycles. The first-order valence-corrected chi connectivity index (χ1v) is 7.29. The number of fused-ring (bicyclic) bond motifs is 1. The maximum Gasteiger partial charge on any atom is 0.152 e. The summed E-state index contributed by atoms with van der Waals surface area (Å²) in [6.07, 6.45) is 3.89. The summed E-state index contributed by atoms with van der Waals surface area (Å²) in [4.78, 5) is 2.45. The molecular weight excluding hydrogens is 264 g/mol. The van der Waals surface area contributed by atoms with Crippen LogP contribution in [0.15, 0.2) is 47.1 Å². The van der Waals surface area contributed by atoms with E-state index in [2.05, 4.69) is 51.0 Å². The van der Waals surface area contributed by atoms with E-state index in [0.717, 1.165) is 36.8 Å². The van der Waals surface area contributed by atoms with Gasteiger partial charge >= 0.3 is 0 Å². The summed E-state index contributed by atoms with van der Waals surface area (Å²) < 4.78 is 8.26. The largest absolute Gasteiger partial charge is 0.458 e. The number of hydrogen-bond donors (Lipinski definition) is 1. The molecule has 0 fully saturated rings. The lowest BCUT2D eigenvalue weighted by molar-refractivity contribution is 0.149. The second-order valence-electron chi connectivity index (χ2n) is 5.51. The first-order chi connectivity index (χ1) is 10.3. The Balaban J connectivity index is 1.52. The van der Waals surface area contributed by atoms with Gasteiger partial charge in [0.1, 0.15) is 11.5 Å². The maximum absolute atomic E-state index is 5.93. The van der Waals surface area contributed by atoms with E-state index in [1.165, 1.54) is 5.69 Å². The molecule has 0 aromatic carbocycles. The molecule has 0 spiro atoms. The average Bonchev–Trinajstić information content (AvgIpc) is 3.21. The van der Waals surface area contributed by atoms with Crippen molar-refractivity contribution in [3.8, 4) is 11.5 Å². The van der Waals surface area contributed by atoms with E-state index in [9.17, 15) is 0 Å². The zero-order chi connectivity index (χ0) is 14.2. The highest BCUT2D eigenvalue weighted by Gasteiger charge is 2.24. The van der Waals surface area contributed by atoms with Crippen LogP contribution in [0.5, 0.6) is 0 Å². The van der Waals surface area contributed by atoms with Crippen molar-refractivity contribution in [2.24, 2.45) is 0 Å². The standard InChI is InChI=1S/C16H18N4O/c1-12-15-3-2-8-19(15)9-10-20(12)11-13-4-5-16(21-13)14-6-7-17-18-14/h2-8,12H,9-11H2,1H3,(H,17,18)/t12-/m1/s1. The molecule has 0 saturated carbocycles. The third-order valence-electron chi connectivity index (χ3n) is 4.26. The summed E-state index contributed by atoms with van der Waals surface area (Å²) in [5.74, 6) is 1.84. The van der Waals surface area contributed by atoms with Gasteiger partial charge in [-0.1, -0.05) is 0 Å². The van der Waals surface area contributed by atoms with Crippen LogP contribution in [0, 0.1) is 0 Å². The van der Waals surface area contributed by atoms with E-state index >= 15 is 0 Å². The zero-order valence-electron chi connectivity index (χ0n) is 12.0. The van der Waals surface area contributed by atoms with Gasteiger partial charge in [0.25, 0.3) is 0 Å². The Hall–Kier alpha value is -2.27. The lowest BCUT2D eigenvalue weighted by Crippen LogP contribution is -2.35. The Morgan fingerprint density at radius 2 is 2.24 bits per heavy atom. The smallest absolute Gasteiger partial charge is 0.152 e. The van der Waals surface area contributed by atoms with Crippen molar-refractivity contribution in [2.75, 3.05) is 6.54 Å². The lowest BCUT2D eigenvalue weighted by atomic mass is 10.1. The van der Waals surface area contributed by atoms with Crippen LogP contribution in [0.3, 0.4) is 0 Å². The molecule has 4 heterocycles. The highest BCUT2D eigenvalue weighted by Crippen LogP contribution is 2.28. The molecule has 0 aliphatic carbocycles. The number of nitrogens with zero attached hydrogens (tertiary/aromatic N) is 3. The maximum atomic E-state index is 5.93. The van der Waals surface area contributed by atoms with Gasteiger partial charge in [0.2, 0.25) is 0 Å². The van der Waals surface area contributed by atoms with Gasteiger partial charge in [-0.2, -0.15) is 5.10 Å². The van der Waals surface area contributed by atoms with Crippen LogP contribution in [0.2, 0.25) is 0 Å². The highest BCUT2D eigenvalue weighted by atomic mass is 16.3. The molecule has 3 aromatic heterocycles. The van der Waals surface area contributed by atoms with Crippen LogP contribution in [0.25, 0.3) is 11.5 Å². The Morgan fingerprint density at radius 1 is 1.29 bits per heavy atom. The molecule has 0 amide bonds. The molecule has 5 nitrogen and oxygen atoms in total. The van der Waals surface area contributed by atoms with Gasteiger partial charge in [0, 0.05) is 37.2 Å². The van der Waals surface area contributed by atoms with Crippen LogP contribution < -0.4 is 0 Å². The summed E-state index contributed by atoms with van der Waals surface area (Å²) in [6.45, 7) is 5.17. The zero-order valence-corrected chi connectivity index (χ0v) is 12.0. The fourth-order valence-electron chi connectivity index (χ4n) is 3.04. The van der Waals surface area contributed by atoms with Gasteiger partial charge in [0.05, 0.1) is 6.54 Å². The van der Waals surface area contributed by atoms with Gasteiger partial charge in [-0.25, -0.2) is 0 Å². The van der Waals surface area contributed by atoms with Crippen molar-refractivity contribution in [1.29, 1.82) is 0 Å². The Morgan fingerprint density at radius 3 is 3.10 bits per heavy atom. The van der Waals surface area contributed by atoms with Crippen molar-refractivity contribution in [2.45, 2.75) is 26.1 Å². The van der Waals surface area contributed by atoms with Crippen molar-refractivity contribution in [3.05, 3.63) is 54.2 Å². The summed E-state index contributed by atoms with van der Waals surface area (Å²) >= 11 is 0. The van der Waals surface area contributed by atoms with Crippen molar-refractivity contribution in [1.82, 2.24) is 19.7 Å². The molecule has 21 heavy (non-hydrogen) atoms. The van der Waals surface area contributed by atoms with Crippen molar-refractivity contribution in [3.63, 3.8) is 0 Å². The normalized spacial score (nSPS) is 18.8. The molecular formula is C16H18N4O. The molecule has 0 unspecified atom stereocenters. The number of nitrogens with one attached hydrogen (secondary N) is 1. The molecule has 108 valence electrons. The number of H-pyrrole nitrogens is 1. The minimum Gasteiger partial charge on any atom is -0.458 e. The summed E-state index contributed by atoms with van der Waals surface area (Å²) in [6, 6.07) is 10.7. The lowest BCUT2D eigenvalue weighted by Gasteiger charge is -2.34. The van der Waals surface area contributed by atoms with E-state index in [0.29, 0.717) is 6.04 Å². The van der Waals surface area contributed by atoms with Crippen molar-refractivity contribution >= 4 is 0 Å². The first-order valence-electron chi connectivity index (χ1n) is 7.29. The molecule has 1 N–H and O–H groups in total. The second kappa shape index (κ2) is 4.93. The van der Waals surface area contributed by atoms with Crippen LogP contribution >= 0.6 is 0 Å². The van der Waals surface area contributed by atoms with Crippen LogP contribution in [-0.4, -0.2) is 26.2 Å². The van der Waals surface area contributed by atoms with Gasteiger partial charge in [-0.05, 0) is 37.3 Å². The van der Waals surface area contributed by atoms with Crippen molar-refractivity contribution < 1.29 is 4.42 Å². The fourth-order valence-corrected chi connectivity index (χ4v) is 3.04. The number of rotatable bonds is 3. The second-order valence-corrected chi connectivity index (χ2v) is 5.51. The third-order valence-corrected chi connectivity index (χ3v) is 4.26. The Bertz CT molecular complexity index is 725. The summed E-state index contributed by atoms with van der Waals surface area (Å²) in [7, 11) is 0. The van der Waals surface area contributed by atoms with Crippen LogP contribution in [0.1, 0.15) is 24.4 Å². The van der Waals surface area contributed by atoms with E-state index in [1.54, 1.807) is 6.20 Å². The van der Waals surface area contributed by atoms with Crippen LogP contribution in [0.4, 0.5) is 0 Å². The van der Waals surface area contributed by atoms with Gasteiger partial charge in [0.15, 0.2) is 5.76 Å². The number of aromatic nitrogens is 3. The third kappa shape index (κ3) is 2.19. The predicted octanol–water partition coefficient (Wildman–Crippen LogP) is 3.05. The van der Waals surface area contributed by atoms with E-state index in [4.69, 9.17) is 4.42 Å². The first kappa shape index (κ1) is 12.5. The molecule has 4 rings (SSSR count). The SMILES string of the molecule is C[C@@H]1c2cccn2CCN1Cc1ccc(-c2ccn[nH]2)o1. The summed E-state index contributed by atoms with van der Waals surface area (Å²) in [5.41, 5.74) is 2.29. The Kier molecular flexibility index (Phi) is 2.93. The quantitative estimate of drug-likeness (QED) is 0.803. The number of aromatic amines is 1. The Labute approximate surface area is 123 Å². The molecule has 1 atom stereocenters.